The van der Waals surface area contributed by atoms with Crippen LogP contribution in [0, 0.1) is 0 Å². The van der Waals surface area contributed by atoms with Gasteiger partial charge < -0.3 is 9.47 Å². The molecule has 0 saturated heterocycles. The van der Waals surface area contributed by atoms with Crippen molar-refractivity contribution in [1.82, 2.24) is 14.8 Å². The highest BCUT2D eigenvalue weighted by Gasteiger charge is 2.23. The van der Waals surface area contributed by atoms with Crippen molar-refractivity contribution in [3.8, 4) is 5.75 Å². The van der Waals surface area contributed by atoms with Gasteiger partial charge in [-0.2, -0.15) is 4.98 Å². The number of halogens is 2. The minimum Gasteiger partial charge on any atom is -0.495 e. The molecule has 0 bridgehead atoms. The first kappa shape index (κ1) is 18.3. The Kier molecular flexibility index (Phi) is 5.52. The number of hydrogen-bond acceptors (Lipinski definition) is 7. The molecule has 130 valence electrons. The molecule has 2 rings (SSSR count). The molecule has 0 radical (unpaired) electrons. The van der Waals surface area contributed by atoms with E-state index >= 15 is 0 Å². The lowest BCUT2D eigenvalue weighted by Gasteiger charge is -2.10. The summed E-state index contributed by atoms with van der Waals surface area (Å²) in [5, 5.41) is 3.58. The van der Waals surface area contributed by atoms with E-state index in [1.54, 1.807) is 0 Å². The number of rotatable bonds is 6. The molecule has 1 N–H and O–H groups in total. The van der Waals surface area contributed by atoms with Gasteiger partial charge in [0.15, 0.2) is 0 Å². The fraction of sp³-hybridized carbons (Fsp3) is 0.250. The van der Waals surface area contributed by atoms with Crippen LogP contribution in [-0.2, 0) is 26.1 Å². The largest absolute Gasteiger partial charge is 0.495 e. The highest BCUT2D eigenvalue weighted by Crippen LogP contribution is 2.36. The van der Waals surface area contributed by atoms with Gasteiger partial charge in [0.25, 0.3) is 16.0 Å². The zero-order valence-electron chi connectivity index (χ0n) is 12.5. The summed E-state index contributed by atoms with van der Waals surface area (Å²) in [5.74, 6) is -0.553. The topological polar surface area (TPSA) is 112 Å². The van der Waals surface area contributed by atoms with Crippen molar-refractivity contribution in [2.75, 3.05) is 18.9 Å². The van der Waals surface area contributed by atoms with Crippen molar-refractivity contribution < 1.29 is 22.7 Å². The van der Waals surface area contributed by atoms with Gasteiger partial charge in [0, 0.05) is 0 Å². The van der Waals surface area contributed by atoms with E-state index in [-0.39, 0.29) is 33.2 Å². The lowest BCUT2D eigenvalue weighted by Crippen LogP contribution is -2.16. The van der Waals surface area contributed by atoms with Gasteiger partial charge in [-0.15, -0.1) is 5.10 Å². The first-order valence-electron chi connectivity index (χ1n) is 6.29. The monoisotopic (exact) mass is 394 g/mol. The van der Waals surface area contributed by atoms with E-state index in [1.165, 1.54) is 32.7 Å². The van der Waals surface area contributed by atoms with Crippen LogP contribution in [0.2, 0.25) is 10.0 Å². The summed E-state index contributed by atoms with van der Waals surface area (Å²) in [6, 6.07) is 2.60. The second-order valence-corrected chi connectivity index (χ2v) is 6.75. The zero-order valence-corrected chi connectivity index (χ0v) is 14.8. The van der Waals surface area contributed by atoms with E-state index in [2.05, 4.69) is 19.5 Å². The number of aromatic nitrogens is 3. The van der Waals surface area contributed by atoms with Crippen LogP contribution in [0.3, 0.4) is 0 Å². The van der Waals surface area contributed by atoms with Crippen molar-refractivity contribution in [2.24, 2.45) is 0 Å². The number of hydrogen-bond donors (Lipinski definition) is 1. The highest BCUT2D eigenvalue weighted by molar-refractivity contribution is 7.92. The number of benzene rings is 1. The Labute approximate surface area is 147 Å². The van der Waals surface area contributed by atoms with Gasteiger partial charge >= 0.3 is 5.97 Å². The Morgan fingerprint density at radius 1 is 1.29 bits per heavy atom. The fourth-order valence-electron chi connectivity index (χ4n) is 1.67. The number of esters is 1. The number of carbonyl (C=O) groups excluding carboxylic acids is 1. The molecule has 0 atom stereocenters. The van der Waals surface area contributed by atoms with Gasteiger partial charge in [0.2, 0.25) is 0 Å². The van der Waals surface area contributed by atoms with Crippen LogP contribution < -0.4 is 9.46 Å². The maximum absolute atomic E-state index is 12.4. The maximum Gasteiger partial charge on any atom is 0.327 e. The summed E-state index contributed by atoms with van der Waals surface area (Å²) in [6.45, 7) is -0.208. The van der Waals surface area contributed by atoms with Gasteiger partial charge in [-0.25, -0.2) is 17.8 Å². The Morgan fingerprint density at radius 2 is 2.00 bits per heavy atom. The average molecular weight is 395 g/mol. The van der Waals surface area contributed by atoms with Crippen LogP contribution in [0.15, 0.2) is 23.4 Å². The molecule has 0 saturated carbocycles. The summed E-state index contributed by atoms with van der Waals surface area (Å²) >= 11 is 11.9. The van der Waals surface area contributed by atoms with Crippen molar-refractivity contribution >= 4 is 45.1 Å². The predicted molar refractivity (Wildman–Crippen MR) is 85.9 cm³/mol. The molecule has 1 heterocycles. The Morgan fingerprint density at radius 3 is 2.62 bits per heavy atom. The maximum atomic E-state index is 12.4. The number of anilines is 1. The zero-order chi connectivity index (χ0) is 17.9. The summed E-state index contributed by atoms with van der Waals surface area (Å²) in [4.78, 5) is 14.6. The lowest BCUT2D eigenvalue weighted by atomic mass is 10.3. The second kappa shape index (κ2) is 7.24. The molecular weight excluding hydrogens is 383 g/mol. The normalized spacial score (nSPS) is 11.2. The van der Waals surface area contributed by atoms with E-state index in [9.17, 15) is 13.2 Å². The van der Waals surface area contributed by atoms with Gasteiger partial charge in [-0.05, 0) is 12.1 Å². The van der Waals surface area contributed by atoms with Gasteiger partial charge in [-0.3, -0.25) is 4.79 Å². The van der Waals surface area contributed by atoms with Crippen molar-refractivity contribution in [1.29, 1.82) is 0 Å². The Hall–Kier alpha value is -2.04. The van der Waals surface area contributed by atoms with Crippen LogP contribution in [0.4, 0.5) is 5.95 Å². The quantitative estimate of drug-likeness (QED) is 0.739. The third-order valence-electron chi connectivity index (χ3n) is 2.80. The number of sulfonamides is 1. The van der Waals surface area contributed by atoms with E-state index in [1.807, 2.05) is 0 Å². The van der Waals surface area contributed by atoms with Crippen molar-refractivity contribution in [3.05, 3.63) is 28.5 Å². The molecule has 0 aliphatic rings. The van der Waals surface area contributed by atoms with E-state index in [0.717, 1.165) is 4.68 Å². The third-order valence-corrected chi connectivity index (χ3v) is 5.15. The Balaban J connectivity index is 2.26. The summed E-state index contributed by atoms with van der Waals surface area (Å²) < 4.78 is 37.5. The fourth-order valence-corrected chi connectivity index (χ4v) is 3.46. The third kappa shape index (κ3) is 3.89. The molecule has 0 amide bonds. The molecular formula is C12H12Cl2N4O5S. The van der Waals surface area contributed by atoms with Crippen molar-refractivity contribution in [3.63, 3.8) is 0 Å². The molecule has 12 heteroatoms. The van der Waals surface area contributed by atoms with Crippen LogP contribution in [-0.4, -0.2) is 43.4 Å². The minimum absolute atomic E-state index is 0.0359. The minimum atomic E-state index is -4.09. The number of nitrogens with zero attached hydrogens (tertiary/aromatic N) is 3. The second-order valence-electron chi connectivity index (χ2n) is 4.34. The van der Waals surface area contributed by atoms with Gasteiger partial charge in [-0.1, -0.05) is 23.2 Å². The lowest BCUT2D eigenvalue weighted by molar-refractivity contribution is -0.141. The molecule has 9 nitrogen and oxygen atoms in total. The van der Waals surface area contributed by atoms with E-state index < -0.39 is 16.0 Å². The molecule has 0 aliphatic carbocycles. The van der Waals surface area contributed by atoms with Gasteiger partial charge in [0.05, 0.1) is 19.2 Å². The number of nitrogens with one attached hydrogen (secondary N) is 1. The molecule has 0 fully saturated rings. The number of ether oxygens (including phenoxy) is 2. The van der Waals surface area contributed by atoms with Crippen LogP contribution in [0.1, 0.15) is 0 Å². The molecule has 0 aliphatic heterocycles. The van der Waals surface area contributed by atoms with E-state index in [4.69, 9.17) is 27.9 Å². The molecule has 0 spiro atoms. The van der Waals surface area contributed by atoms with Crippen molar-refractivity contribution in [2.45, 2.75) is 11.4 Å². The number of methoxy groups -OCH3 is 2. The van der Waals surface area contributed by atoms with Crippen LogP contribution in [0.5, 0.6) is 5.75 Å². The summed E-state index contributed by atoms with van der Waals surface area (Å²) in [7, 11) is -1.49. The summed E-state index contributed by atoms with van der Waals surface area (Å²) in [6.07, 6.45) is 1.18. The Bertz CT molecular complexity index is 868. The summed E-state index contributed by atoms with van der Waals surface area (Å²) in [5.41, 5.74) is 0. The molecule has 0 unspecified atom stereocenters. The van der Waals surface area contributed by atoms with Crippen LogP contribution >= 0.6 is 23.2 Å². The molecule has 1 aromatic carbocycles. The standard InChI is InChI=1S/C12H12Cl2N4O5S/c1-22-7-3-4-8(11(14)10(7)13)24(20,21)17-12-15-6-18(16-12)5-9(19)23-2/h3-4,6H,5H2,1-2H3,(H,16,17). The molecule has 1 aromatic heterocycles. The SMILES string of the molecule is COC(=O)Cn1cnc(NS(=O)(=O)c2ccc(OC)c(Cl)c2Cl)n1. The van der Waals surface area contributed by atoms with E-state index in [0.29, 0.717) is 0 Å². The molecule has 24 heavy (non-hydrogen) atoms. The first-order chi connectivity index (χ1) is 11.3. The predicted octanol–water partition coefficient (Wildman–Crippen LogP) is 1.57. The smallest absolute Gasteiger partial charge is 0.327 e. The average Bonchev–Trinajstić information content (AvgIpc) is 2.95. The number of carbonyl (C=O) groups is 1. The van der Waals surface area contributed by atoms with Crippen LogP contribution in [0.25, 0.3) is 0 Å². The highest BCUT2D eigenvalue weighted by atomic mass is 35.5. The first-order valence-corrected chi connectivity index (χ1v) is 8.53. The molecule has 2 aromatic rings. The van der Waals surface area contributed by atoms with Gasteiger partial charge in [0.1, 0.15) is 28.5 Å².